The van der Waals surface area contributed by atoms with Crippen LogP contribution >= 0.6 is 0 Å². The van der Waals surface area contributed by atoms with Crippen LogP contribution in [0.15, 0.2) is 12.1 Å². The minimum atomic E-state index is 0.0201. The van der Waals surface area contributed by atoms with Crippen molar-refractivity contribution in [2.45, 2.75) is 6.42 Å². The smallest absolute Gasteiger partial charge is 0.119 e. The number of aromatic hydroxyl groups is 1. The van der Waals surface area contributed by atoms with Crippen LogP contribution in [0.1, 0.15) is 5.56 Å². The minimum absolute atomic E-state index is 0.0201. The van der Waals surface area contributed by atoms with Gasteiger partial charge in [0.05, 0.1) is 12.5 Å². The first-order chi connectivity index (χ1) is 5.65. The average molecular weight is 163 g/mol. The number of benzene rings is 1. The second-order valence-corrected chi connectivity index (χ2v) is 2.44. The highest BCUT2D eigenvalue weighted by molar-refractivity contribution is 5.65. The van der Waals surface area contributed by atoms with Crippen LogP contribution in [0.2, 0.25) is 0 Å². The molecule has 4 nitrogen and oxygen atoms in total. The maximum absolute atomic E-state index is 9.04. The summed E-state index contributed by atoms with van der Waals surface area (Å²) in [5.41, 5.74) is 12.3. The Morgan fingerprint density at radius 3 is 2.25 bits per heavy atom. The molecule has 0 aromatic heterocycles. The van der Waals surface area contributed by atoms with Gasteiger partial charge in [-0.1, -0.05) is 0 Å². The third-order valence-corrected chi connectivity index (χ3v) is 1.56. The van der Waals surface area contributed by atoms with Crippen LogP contribution in [-0.4, -0.2) is 5.11 Å². The van der Waals surface area contributed by atoms with Gasteiger partial charge in [-0.15, -0.1) is 0 Å². The predicted octanol–water partition coefficient (Wildman–Crippen LogP) is 0.623. The number of phenolic OH excluding ortho intramolecular Hbond substituents is 1. The summed E-state index contributed by atoms with van der Waals surface area (Å²) >= 11 is 0. The molecule has 5 N–H and O–H groups in total. The summed E-state index contributed by atoms with van der Waals surface area (Å²) < 4.78 is 0. The van der Waals surface area contributed by atoms with Gasteiger partial charge < -0.3 is 16.6 Å². The van der Waals surface area contributed by atoms with E-state index >= 15 is 0 Å². The zero-order valence-corrected chi connectivity index (χ0v) is 6.41. The zero-order valence-electron chi connectivity index (χ0n) is 6.41. The minimum Gasteiger partial charge on any atom is -0.508 e. The molecule has 0 bridgehead atoms. The second-order valence-electron chi connectivity index (χ2n) is 2.44. The zero-order chi connectivity index (χ0) is 9.14. The van der Waals surface area contributed by atoms with Crippen molar-refractivity contribution in [3.05, 3.63) is 17.7 Å². The van der Waals surface area contributed by atoms with Crippen LogP contribution in [0.4, 0.5) is 11.4 Å². The van der Waals surface area contributed by atoms with Crippen LogP contribution in [0.5, 0.6) is 5.75 Å². The standard InChI is InChI=1S/C8H9N3O/c9-2-1-6-7(10)3-5(12)4-8(6)11/h3-4,12H,1,10-11H2. The van der Waals surface area contributed by atoms with E-state index < -0.39 is 0 Å². The number of nitrogens with two attached hydrogens (primary N) is 2. The van der Waals surface area contributed by atoms with E-state index in [1.807, 2.05) is 6.07 Å². The maximum atomic E-state index is 9.04. The molecule has 62 valence electrons. The van der Waals surface area contributed by atoms with Gasteiger partial charge in [0.1, 0.15) is 5.75 Å². The highest BCUT2D eigenvalue weighted by atomic mass is 16.3. The first-order valence-electron chi connectivity index (χ1n) is 3.39. The molecule has 0 radical (unpaired) electrons. The van der Waals surface area contributed by atoms with E-state index in [-0.39, 0.29) is 12.2 Å². The molecule has 12 heavy (non-hydrogen) atoms. The summed E-state index contributed by atoms with van der Waals surface area (Å²) in [5.74, 6) is 0.0201. The van der Waals surface area contributed by atoms with Gasteiger partial charge in [-0.2, -0.15) is 5.26 Å². The number of phenols is 1. The van der Waals surface area contributed by atoms with Gasteiger partial charge in [0.25, 0.3) is 0 Å². The van der Waals surface area contributed by atoms with Crippen molar-refractivity contribution in [1.82, 2.24) is 0 Å². The van der Waals surface area contributed by atoms with Crippen molar-refractivity contribution in [3.8, 4) is 11.8 Å². The molecule has 0 spiro atoms. The van der Waals surface area contributed by atoms with Gasteiger partial charge in [-0.3, -0.25) is 0 Å². The molecule has 1 rings (SSSR count). The topological polar surface area (TPSA) is 96.1 Å². The van der Waals surface area contributed by atoms with Crippen molar-refractivity contribution in [3.63, 3.8) is 0 Å². The Balaban J connectivity index is 3.21. The maximum Gasteiger partial charge on any atom is 0.119 e. The lowest BCUT2D eigenvalue weighted by atomic mass is 10.1. The fourth-order valence-electron chi connectivity index (χ4n) is 0.984. The Bertz CT molecular complexity index is 318. The SMILES string of the molecule is N#CCc1c(N)cc(O)cc1N. The normalized spacial score (nSPS) is 9.25. The number of rotatable bonds is 1. The van der Waals surface area contributed by atoms with E-state index in [2.05, 4.69) is 0 Å². The second kappa shape index (κ2) is 3.01. The van der Waals surface area contributed by atoms with E-state index in [1.165, 1.54) is 12.1 Å². The van der Waals surface area contributed by atoms with E-state index in [4.69, 9.17) is 21.8 Å². The largest absolute Gasteiger partial charge is 0.508 e. The molecule has 0 fully saturated rings. The van der Waals surface area contributed by atoms with Gasteiger partial charge in [0.2, 0.25) is 0 Å². The molecule has 0 aliphatic rings. The Kier molecular flexibility index (Phi) is 2.06. The summed E-state index contributed by atoms with van der Waals surface area (Å²) in [6.07, 6.45) is 0.165. The number of nitrogens with zero attached hydrogens (tertiary/aromatic N) is 1. The highest BCUT2D eigenvalue weighted by Crippen LogP contribution is 2.25. The quantitative estimate of drug-likeness (QED) is 0.529. The number of hydrogen-bond donors (Lipinski definition) is 3. The number of hydrogen-bond acceptors (Lipinski definition) is 4. The first kappa shape index (κ1) is 8.21. The summed E-state index contributed by atoms with van der Waals surface area (Å²) in [5, 5.41) is 17.5. The molecule has 0 amide bonds. The lowest BCUT2D eigenvalue weighted by molar-refractivity contribution is 0.476. The summed E-state index contributed by atoms with van der Waals surface area (Å²) in [4.78, 5) is 0. The lowest BCUT2D eigenvalue weighted by Gasteiger charge is -2.05. The average Bonchev–Trinajstić information content (AvgIpc) is 1.96. The molecule has 0 unspecified atom stereocenters. The van der Waals surface area contributed by atoms with Gasteiger partial charge >= 0.3 is 0 Å². The fraction of sp³-hybridized carbons (Fsp3) is 0.125. The Morgan fingerprint density at radius 2 is 1.83 bits per heavy atom. The number of nitrogen functional groups attached to an aromatic ring is 2. The molecule has 0 atom stereocenters. The third-order valence-electron chi connectivity index (χ3n) is 1.56. The molecule has 0 saturated heterocycles. The van der Waals surface area contributed by atoms with Gasteiger partial charge in [0.15, 0.2) is 0 Å². The molecule has 0 aliphatic carbocycles. The predicted molar refractivity (Wildman–Crippen MR) is 46.2 cm³/mol. The summed E-state index contributed by atoms with van der Waals surface area (Å²) in [7, 11) is 0. The van der Waals surface area contributed by atoms with Crippen molar-refractivity contribution < 1.29 is 5.11 Å². The van der Waals surface area contributed by atoms with E-state index in [0.717, 1.165) is 0 Å². The Labute approximate surface area is 70.0 Å². The van der Waals surface area contributed by atoms with Crippen LogP contribution in [-0.2, 0) is 6.42 Å². The fourth-order valence-corrected chi connectivity index (χ4v) is 0.984. The molecule has 0 heterocycles. The van der Waals surface area contributed by atoms with Crippen LogP contribution in [0, 0.1) is 11.3 Å². The monoisotopic (exact) mass is 163 g/mol. The first-order valence-corrected chi connectivity index (χ1v) is 3.39. The Morgan fingerprint density at radius 1 is 1.33 bits per heavy atom. The molecule has 0 saturated carbocycles. The van der Waals surface area contributed by atoms with E-state index in [0.29, 0.717) is 16.9 Å². The Hall–Kier alpha value is -1.89. The van der Waals surface area contributed by atoms with Crippen LogP contribution < -0.4 is 11.5 Å². The highest BCUT2D eigenvalue weighted by Gasteiger charge is 2.04. The van der Waals surface area contributed by atoms with Gasteiger partial charge in [-0.25, -0.2) is 0 Å². The molecule has 4 heteroatoms. The molecule has 1 aromatic rings. The molecule has 1 aromatic carbocycles. The van der Waals surface area contributed by atoms with Crippen LogP contribution in [0.25, 0.3) is 0 Å². The van der Waals surface area contributed by atoms with Crippen molar-refractivity contribution in [1.29, 1.82) is 5.26 Å². The van der Waals surface area contributed by atoms with Crippen molar-refractivity contribution in [2.24, 2.45) is 0 Å². The molecule has 0 aliphatic heterocycles. The van der Waals surface area contributed by atoms with Gasteiger partial charge in [-0.05, 0) is 0 Å². The number of nitriles is 1. The molecular formula is C8H9N3O. The van der Waals surface area contributed by atoms with Crippen molar-refractivity contribution in [2.75, 3.05) is 11.5 Å². The summed E-state index contributed by atoms with van der Waals surface area (Å²) in [6.45, 7) is 0. The van der Waals surface area contributed by atoms with E-state index in [1.54, 1.807) is 0 Å². The molecular weight excluding hydrogens is 154 g/mol. The lowest BCUT2D eigenvalue weighted by Crippen LogP contribution is -1.99. The summed E-state index contributed by atoms with van der Waals surface area (Å²) in [6, 6.07) is 4.70. The number of anilines is 2. The van der Waals surface area contributed by atoms with Crippen molar-refractivity contribution >= 4 is 11.4 Å². The third kappa shape index (κ3) is 1.40. The van der Waals surface area contributed by atoms with E-state index in [9.17, 15) is 0 Å². The van der Waals surface area contributed by atoms with Crippen LogP contribution in [0.3, 0.4) is 0 Å². The van der Waals surface area contributed by atoms with Gasteiger partial charge in [0, 0.05) is 29.1 Å².